The zero-order valence-corrected chi connectivity index (χ0v) is 5.98. The molecule has 0 fully saturated rings. The van der Waals surface area contributed by atoms with E-state index in [0.29, 0.717) is 6.61 Å². The quantitative estimate of drug-likeness (QED) is 0.620. The summed E-state index contributed by atoms with van der Waals surface area (Å²) in [4.78, 5) is 4.96. The molecule has 0 radical (unpaired) electrons. The number of rotatable bonds is 0. The summed E-state index contributed by atoms with van der Waals surface area (Å²) in [5.41, 5.74) is 4.90. The van der Waals surface area contributed by atoms with Crippen LogP contribution in [0.3, 0.4) is 0 Å². The summed E-state index contributed by atoms with van der Waals surface area (Å²) < 4.78 is 0. The second-order valence-corrected chi connectivity index (χ2v) is 2.63. The molecule has 0 saturated heterocycles. The van der Waals surface area contributed by atoms with Gasteiger partial charge >= 0.3 is 0 Å². The van der Waals surface area contributed by atoms with Gasteiger partial charge in [0.25, 0.3) is 0 Å². The molecule has 0 atom stereocenters. The smallest absolute Gasteiger partial charge is 0.102 e. The van der Waals surface area contributed by atoms with Crippen LogP contribution in [-0.2, 0) is 11.4 Å². The fourth-order valence-corrected chi connectivity index (χ4v) is 1.17. The summed E-state index contributed by atoms with van der Waals surface area (Å²) >= 11 is 5.74. The summed E-state index contributed by atoms with van der Waals surface area (Å²) in [5.74, 6) is 0. The summed E-state index contributed by atoms with van der Waals surface area (Å²) in [6, 6.07) is 5.64. The van der Waals surface area contributed by atoms with Gasteiger partial charge in [-0.2, -0.15) is 0 Å². The molecular formula is C7H6ClNO. The third kappa shape index (κ3) is 0.856. The van der Waals surface area contributed by atoms with Gasteiger partial charge in [-0.05, 0) is 18.2 Å². The van der Waals surface area contributed by atoms with Crippen molar-refractivity contribution < 1.29 is 4.84 Å². The van der Waals surface area contributed by atoms with E-state index in [2.05, 4.69) is 5.48 Å². The fourth-order valence-electron chi connectivity index (χ4n) is 0.973. The Labute approximate surface area is 63.7 Å². The standard InChI is InChI=1S/C7H6ClNO/c8-6-1-2-7-5(3-6)4-10-9-7/h1-3,9H,4H2. The molecule has 0 amide bonds. The van der Waals surface area contributed by atoms with Crippen LogP contribution in [-0.4, -0.2) is 0 Å². The van der Waals surface area contributed by atoms with Crippen molar-refractivity contribution >= 4 is 17.3 Å². The highest BCUT2D eigenvalue weighted by atomic mass is 35.5. The van der Waals surface area contributed by atoms with Crippen molar-refractivity contribution in [3.05, 3.63) is 28.8 Å². The molecule has 10 heavy (non-hydrogen) atoms. The van der Waals surface area contributed by atoms with Crippen molar-refractivity contribution in [2.24, 2.45) is 0 Å². The molecule has 1 aromatic rings. The number of hydrogen-bond acceptors (Lipinski definition) is 2. The lowest BCUT2D eigenvalue weighted by Gasteiger charge is -1.94. The predicted molar refractivity (Wildman–Crippen MR) is 39.9 cm³/mol. The first-order valence-electron chi connectivity index (χ1n) is 3.02. The van der Waals surface area contributed by atoms with E-state index < -0.39 is 0 Å². The highest BCUT2D eigenvalue weighted by Gasteiger charge is 2.09. The molecule has 1 aromatic carbocycles. The Morgan fingerprint density at radius 3 is 3.30 bits per heavy atom. The molecule has 0 unspecified atom stereocenters. The summed E-state index contributed by atoms with van der Waals surface area (Å²) in [5, 5.41) is 0.756. The van der Waals surface area contributed by atoms with Crippen LogP contribution in [0.1, 0.15) is 5.56 Å². The van der Waals surface area contributed by atoms with Gasteiger partial charge in [0, 0.05) is 10.6 Å². The van der Waals surface area contributed by atoms with Crippen LogP contribution in [0.4, 0.5) is 5.69 Å². The van der Waals surface area contributed by atoms with Gasteiger partial charge in [0.15, 0.2) is 0 Å². The van der Waals surface area contributed by atoms with Crippen molar-refractivity contribution in [3.63, 3.8) is 0 Å². The van der Waals surface area contributed by atoms with Crippen LogP contribution < -0.4 is 5.48 Å². The average molecular weight is 156 g/mol. The molecule has 0 saturated carbocycles. The van der Waals surface area contributed by atoms with Crippen LogP contribution >= 0.6 is 11.6 Å². The molecule has 1 aliphatic heterocycles. The largest absolute Gasteiger partial charge is 0.271 e. The SMILES string of the molecule is Clc1ccc2c(c1)CON2. The Morgan fingerprint density at radius 1 is 1.50 bits per heavy atom. The number of halogens is 1. The zero-order valence-electron chi connectivity index (χ0n) is 5.23. The third-order valence-electron chi connectivity index (χ3n) is 1.48. The van der Waals surface area contributed by atoms with E-state index in [0.717, 1.165) is 16.3 Å². The normalized spacial score (nSPS) is 14.5. The molecule has 0 bridgehead atoms. The van der Waals surface area contributed by atoms with Crippen LogP contribution in [0.5, 0.6) is 0 Å². The molecular weight excluding hydrogens is 150 g/mol. The van der Waals surface area contributed by atoms with E-state index in [1.807, 2.05) is 18.2 Å². The number of hydrogen-bond donors (Lipinski definition) is 1. The lowest BCUT2D eigenvalue weighted by molar-refractivity contribution is 0.202. The molecule has 1 N–H and O–H groups in total. The van der Waals surface area contributed by atoms with E-state index in [-0.39, 0.29) is 0 Å². The maximum absolute atomic E-state index is 5.74. The maximum Gasteiger partial charge on any atom is 0.102 e. The Morgan fingerprint density at radius 2 is 2.40 bits per heavy atom. The highest BCUT2D eigenvalue weighted by molar-refractivity contribution is 6.30. The lowest BCUT2D eigenvalue weighted by atomic mass is 10.2. The number of benzene rings is 1. The molecule has 3 heteroatoms. The summed E-state index contributed by atoms with van der Waals surface area (Å²) in [6.45, 7) is 0.607. The minimum Gasteiger partial charge on any atom is -0.271 e. The second-order valence-electron chi connectivity index (χ2n) is 2.19. The molecule has 0 aliphatic carbocycles. The Hall–Kier alpha value is -0.730. The molecule has 2 nitrogen and oxygen atoms in total. The Kier molecular flexibility index (Phi) is 1.29. The number of nitrogens with one attached hydrogen (secondary N) is 1. The van der Waals surface area contributed by atoms with Crippen LogP contribution in [0.25, 0.3) is 0 Å². The molecule has 52 valence electrons. The van der Waals surface area contributed by atoms with E-state index in [1.54, 1.807) is 0 Å². The van der Waals surface area contributed by atoms with E-state index in [4.69, 9.17) is 16.4 Å². The van der Waals surface area contributed by atoms with Gasteiger partial charge in [0.05, 0.1) is 5.69 Å². The number of fused-ring (bicyclic) bond motifs is 1. The molecule has 0 spiro atoms. The minimum absolute atomic E-state index is 0.607. The zero-order chi connectivity index (χ0) is 6.97. The maximum atomic E-state index is 5.74. The van der Waals surface area contributed by atoms with Crippen LogP contribution in [0.2, 0.25) is 5.02 Å². The van der Waals surface area contributed by atoms with Gasteiger partial charge in [-0.25, -0.2) is 0 Å². The Bertz CT molecular complexity index is 262. The topological polar surface area (TPSA) is 21.3 Å². The third-order valence-corrected chi connectivity index (χ3v) is 1.71. The first kappa shape index (κ1) is 6.01. The minimum atomic E-state index is 0.607. The fraction of sp³-hybridized carbons (Fsp3) is 0.143. The predicted octanol–water partition coefficient (Wildman–Crippen LogP) is 2.20. The van der Waals surface area contributed by atoms with Crippen LogP contribution in [0.15, 0.2) is 18.2 Å². The number of anilines is 1. The molecule has 2 rings (SSSR count). The molecule has 1 heterocycles. The highest BCUT2D eigenvalue weighted by Crippen LogP contribution is 2.25. The lowest BCUT2D eigenvalue weighted by Crippen LogP contribution is -1.86. The van der Waals surface area contributed by atoms with Gasteiger partial charge in [0.1, 0.15) is 6.61 Å². The van der Waals surface area contributed by atoms with Crippen molar-refractivity contribution in [1.29, 1.82) is 0 Å². The van der Waals surface area contributed by atoms with Crippen molar-refractivity contribution in [3.8, 4) is 0 Å². The van der Waals surface area contributed by atoms with Gasteiger partial charge in [0.2, 0.25) is 0 Å². The van der Waals surface area contributed by atoms with Gasteiger partial charge in [-0.15, -0.1) is 0 Å². The van der Waals surface area contributed by atoms with E-state index in [1.165, 1.54) is 0 Å². The first-order valence-corrected chi connectivity index (χ1v) is 3.40. The van der Waals surface area contributed by atoms with E-state index >= 15 is 0 Å². The first-order chi connectivity index (χ1) is 4.86. The van der Waals surface area contributed by atoms with Gasteiger partial charge < -0.3 is 0 Å². The van der Waals surface area contributed by atoms with Crippen molar-refractivity contribution in [1.82, 2.24) is 0 Å². The van der Waals surface area contributed by atoms with Crippen molar-refractivity contribution in [2.45, 2.75) is 6.61 Å². The van der Waals surface area contributed by atoms with Gasteiger partial charge in [-0.3, -0.25) is 10.3 Å². The summed E-state index contributed by atoms with van der Waals surface area (Å²) in [6.07, 6.45) is 0. The summed E-state index contributed by atoms with van der Waals surface area (Å²) in [7, 11) is 0. The molecule has 1 aliphatic rings. The van der Waals surface area contributed by atoms with Crippen molar-refractivity contribution in [2.75, 3.05) is 5.48 Å². The monoisotopic (exact) mass is 155 g/mol. The van der Waals surface area contributed by atoms with E-state index in [9.17, 15) is 0 Å². The van der Waals surface area contributed by atoms with Gasteiger partial charge in [-0.1, -0.05) is 11.6 Å². The Balaban J connectivity index is 2.52. The molecule has 0 aromatic heterocycles. The second kappa shape index (κ2) is 2.15. The average Bonchev–Trinajstić information content (AvgIpc) is 2.33. The van der Waals surface area contributed by atoms with Crippen LogP contribution in [0, 0.1) is 0 Å².